The van der Waals surface area contributed by atoms with Gasteiger partial charge in [-0.3, -0.25) is 4.90 Å². The van der Waals surface area contributed by atoms with Gasteiger partial charge >= 0.3 is 0 Å². The molecule has 0 aromatic rings. The van der Waals surface area contributed by atoms with E-state index >= 15 is 0 Å². The van der Waals surface area contributed by atoms with Crippen molar-refractivity contribution in [2.45, 2.75) is 289 Å². The zero-order valence-corrected chi connectivity index (χ0v) is 41.8. The van der Waals surface area contributed by atoms with E-state index in [0.717, 1.165) is 45.1 Å². The Labute approximate surface area is 382 Å². The van der Waals surface area contributed by atoms with Gasteiger partial charge < -0.3 is 30.1 Å². The summed E-state index contributed by atoms with van der Waals surface area (Å²) in [5, 5.41) is 35.6. The van der Waals surface area contributed by atoms with Crippen molar-refractivity contribution in [1.82, 2.24) is 10.2 Å². The van der Waals surface area contributed by atoms with Crippen LogP contribution in [0.25, 0.3) is 0 Å². The maximum Gasteiger partial charge on any atom is 0.0701 e. The van der Waals surface area contributed by atoms with Gasteiger partial charge in [-0.1, -0.05) is 252 Å². The van der Waals surface area contributed by atoms with Crippen LogP contribution in [-0.2, 0) is 9.47 Å². The van der Waals surface area contributed by atoms with Gasteiger partial charge in [0.15, 0.2) is 0 Å². The van der Waals surface area contributed by atoms with Gasteiger partial charge in [0, 0.05) is 32.7 Å². The minimum Gasteiger partial charge on any atom is -0.392 e. The molecule has 7 nitrogen and oxygen atoms in total. The lowest BCUT2D eigenvalue weighted by molar-refractivity contribution is 0.0186. The number of unbranched alkanes of at least 4 members (excludes halogenated alkanes) is 33. The van der Waals surface area contributed by atoms with Crippen LogP contribution in [0.1, 0.15) is 271 Å². The third-order valence-electron chi connectivity index (χ3n) is 12.8. The molecule has 0 heterocycles. The third-order valence-corrected chi connectivity index (χ3v) is 12.8. The van der Waals surface area contributed by atoms with Gasteiger partial charge in [0.2, 0.25) is 0 Å². The molecule has 0 saturated carbocycles. The van der Waals surface area contributed by atoms with Gasteiger partial charge in [0.05, 0.1) is 44.7 Å². The van der Waals surface area contributed by atoms with Crippen molar-refractivity contribution >= 4 is 0 Å². The number of hydrogen-bond donors (Lipinski definition) is 4. The Morgan fingerprint density at radius 1 is 0.344 bits per heavy atom. The molecule has 0 aliphatic carbocycles. The van der Waals surface area contributed by atoms with E-state index in [9.17, 15) is 15.3 Å². The standard InChI is InChI=1S/C54H112N2O5/c1-4-7-10-13-16-19-22-25-28-31-34-37-40-52(57)49-55-43-45-60-47-48-61-46-44-56(50-53(58)41-38-35-32-29-26-23-20-17-14-11-8-5-2)51-54(59)42-39-36-33-30-27-24-21-18-15-12-9-6-3/h52-55,57-59H,4-51H2,1-3H3. The molecule has 0 spiro atoms. The van der Waals surface area contributed by atoms with E-state index < -0.39 is 0 Å². The third kappa shape index (κ3) is 50.6. The Balaban J connectivity index is 4.16. The topological polar surface area (TPSA) is 94.4 Å². The number of rotatable bonds is 54. The molecule has 3 unspecified atom stereocenters. The Morgan fingerprint density at radius 2 is 0.623 bits per heavy atom. The molecule has 4 N–H and O–H groups in total. The molecule has 368 valence electrons. The number of aliphatic hydroxyl groups excluding tert-OH is 3. The molecule has 0 fully saturated rings. The smallest absolute Gasteiger partial charge is 0.0701 e. The number of hydrogen-bond acceptors (Lipinski definition) is 7. The molecule has 61 heavy (non-hydrogen) atoms. The van der Waals surface area contributed by atoms with Crippen LogP contribution in [0.3, 0.4) is 0 Å². The molecule has 3 atom stereocenters. The highest BCUT2D eigenvalue weighted by Crippen LogP contribution is 2.17. The Kier molecular flexibility index (Phi) is 52.1. The van der Waals surface area contributed by atoms with Crippen molar-refractivity contribution in [3.8, 4) is 0 Å². The van der Waals surface area contributed by atoms with E-state index in [1.807, 2.05) is 0 Å². The van der Waals surface area contributed by atoms with Crippen LogP contribution in [0.5, 0.6) is 0 Å². The highest BCUT2D eigenvalue weighted by Gasteiger charge is 2.16. The van der Waals surface area contributed by atoms with Crippen molar-refractivity contribution in [3.63, 3.8) is 0 Å². The highest BCUT2D eigenvalue weighted by molar-refractivity contribution is 4.70. The average molecular weight is 869 g/mol. The molecule has 0 aliphatic heterocycles. The zero-order valence-electron chi connectivity index (χ0n) is 41.8. The van der Waals surface area contributed by atoms with E-state index in [0.29, 0.717) is 52.6 Å². The SMILES string of the molecule is CCCCCCCCCCCCCCC(O)CNCCOCCOCCN(CC(O)CCCCCCCCCCCCCC)CC(O)CCCCCCCCCCCCCC. The first-order valence-electron chi connectivity index (χ1n) is 27.7. The normalized spacial score (nSPS) is 13.4. The fraction of sp³-hybridized carbons (Fsp3) is 1.00. The van der Waals surface area contributed by atoms with Crippen LogP contribution >= 0.6 is 0 Å². The van der Waals surface area contributed by atoms with Crippen molar-refractivity contribution < 1.29 is 24.8 Å². The number of aliphatic hydroxyl groups is 3. The fourth-order valence-corrected chi connectivity index (χ4v) is 8.73. The molecule has 0 aromatic carbocycles. The second-order valence-electron chi connectivity index (χ2n) is 19.2. The second kappa shape index (κ2) is 52.3. The van der Waals surface area contributed by atoms with Crippen LogP contribution in [-0.4, -0.2) is 97.7 Å². The van der Waals surface area contributed by atoms with Crippen molar-refractivity contribution in [2.24, 2.45) is 0 Å². The van der Waals surface area contributed by atoms with Gasteiger partial charge in [-0.05, 0) is 19.3 Å². The molecule has 0 radical (unpaired) electrons. The monoisotopic (exact) mass is 869 g/mol. The first-order valence-corrected chi connectivity index (χ1v) is 27.7. The molecule has 7 heteroatoms. The summed E-state index contributed by atoms with van der Waals surface area (Å²) < 4.78 is 11.7. The summed E-state index contributed by atoms with van der Waals surface area (Å²) in [6, 6.07) is 0. The van der Waals surface area contributed by atoms with Gasteiger partial charge in [-0.15, -0.1) is 0 Å². The largest absolute Gasteiger partial charge is 0.392 e. The Morgan fingerprint density at radius 3 is 0.951 bits per heavy atom. The van der Waals surface area contributed by atoms with Crippen LogP contribution in [0.15, 0.2) is 0 Å². The van der Waals surface area contributed by atoms with Gasteiger partial charge in [-0.2, -0.15) is 0 Å². The molecule has 0 amide bonds. The van der Waals surface area contributed by atoms with E-state index in [1.165, 1.54) is 212 Å². The lowest BCUT2D eigenvalue weighted by Crippen LogP contribution is -2.40. The summed E-state index contributed by atoms with van der Waals surface area (Å²) >= 11 is 0. The minimum atomic E-state index is -0.360. The van der Waals surface area contributed by atoms with Gasteiger partial charge in [-0.25, -0.2) is 0 Å². The summed E-state index contributed by atoms with van der Waals surface area (Å²) in [7, 11) is 0. The van der Waals surface area contributed by atoms with Crippen LogP contribution in [0, 0.1) is 0 Å². The minimum absolute atomic E-state index is 0.277. The molecule has 0 aliphatic rings. The molecule has 0 aromatic heterocycles. The molecule has 0 rings (SSSR count). The average Bonchev–Trinajstić information content (AvgIpc) is 3.25. The summed E-state index contributed by atoms with van der Waals surface area (Å²) in [6.45, 7) is 12.4. The molecular weight excluding hydrogens is 757 g/mol. The van der Waals surface area contributed by atoms with Crippen molar-refractivity contribution in [2.75, 3.05) is 59.2 Å². The van der Waals surface area contributed by atoms with Crippen molar-refractivity contribution in [1.29, 1.82) is 0 Å². The first-order chi connectivity index (χ1) is 30.0. The van der Waals surface area contributed by atoms with E-state index in [1.54, 1.807) is 0 Å². The maximum atomic E-state index is 11.0. The predicted molar refractivity (Wildman–Crippen MR) is 266 cm³/mol. The molecule has 0 saturated heterocycles. The predicted octanol–water partition coefficient (Wildman–Crippen LogP) is 14.3. The van der Waals surface area contributed by atoms with Gasteiger partial charge in [0.25, 0.3) is 0 Å². The van der Waals surface area contributed by atoms with Crippen LogP contribution in [0.2, 0.25) is 0 Å². The van der Waals surface area contributed by atoms with Gasteiger partial charge in [0.1, 0.15) is 0 Å². The number of nitrogens with zero attached hydrogens (tertiary/aromatic N) is 1. The summed E-state index contributed by atoms with van der Waals surface area (Å²) in [4.78, 5) is 2.23. The lowest BCUT2D eigenvalue weighted by atomic mass is 10.0. The summed E-state index contributed by atoms with van der Waals surface area (Å²) in [5.41, 5.74) is 0. The number of ether oxygens (including phenoxy) is 2. The van der Waals surface area contributed by atoms with Crippen LogP contribution < -0.4 is 5.32 Å². The molecular formula is C54H112N2O5. The summed E-state index contributed by atoms with van der Waals surface area (Å²) in [5.74, 6) is 0. The maximum absolute atomic E-state index is 11.0. The highest BCUT2D eigenvalue weighted by atomic mass is 16.5. The lowest BCUT2D eigenvalue weighted by Gasteiger charge is -2.27. The zero-order chi connectivity index (χ0) is 44.4. The quantitative estimate of drug-likeness (QED) is 0.0452. The Hall–Kier alpha value is -0.280. The van der Waals surface area contributed by atoms with E-state index in [4.69, 9.17) is 9.47 Å². The molecule has 0 bridgehead atoms. The van der Waals surface area contributed by atoms with Crippen LogP contribution in [0.4, 0.5) is 0 Å². The Bertz CT molecular complexity index is 755. The second-order valence-corrected chi connectivity index (χ2v) is 19.2. The number of nitrogens with one attached hydrogen (secondary N) is 1. The summed E-state index contributed by atoms with van der Waals surface area (Å²) in [6.07, 6.45) is 49.5. The fourth-order valence-electron chi connectivity index (χ4n) is 8.73. The van der Waals surface area contributed by atoms with E-state index in [-0.39, 0.29) is 18.3 Å². The first kappa shape index (κ1) is 60.7. The van der Waals surface area contributed by atoms with E-state index in [2.05, 4.69) is 31.0 Å². The van der Waals surface area contributed by atoms with Crippen molar-refractivity contribution in [3.05, 3.63) is 0 Å².